The summed E-state index contributed by atoms with van der Waals surface area (Å²) >= 11 is 5.90. The molecule has 0 amide bonds. The molecule has 0 fully saturated rings. The van der Waals surface area contributed by atoms with Crippen LogP contribution in [0, 0.1) is 0 Å². The molecule has 1 aromatic carbocycles. The van der Waals surface area contributed by atoms with Crippen LogP contribution < -0.4 is 5.73 Å². The Morgan fingerprint density at radius 3 is 2.88 bits per heavy atom. The van der Waals surface area contributed by atoms with Gasteiger partial charge < -0.3 is 5.73 Å². The first-order valence-electron chi connectivity index (χ1n) is 4.92. The van der Waals surface area contributed by atoms with Gasteiger partial charge in [-0.15, -0.1) is 0 Å². The van der Waals surface area contributed by atoms with Crippen LogP contribution in [0.1, 0.15) is 17.4 Å². The number of rotatable bonds is 2. The highest BCUT2D eigenvalue weighted by atomic mass is 35.5. The van der Waals surface area contributed by atoms with Gasteiger partial charge in [0.05, 0.1) is 11.6 Å². The van der Waals surface area contributed by atoms with Crippen LogP contribution in [0.2, 0.25) is 5.02 Å². The third-order valence-corrected chi connectivity index (χ3v) is 2.69. The largest absolute Gasteiger partial charge is 0.321 e. The van der Waals surface area contributed by atoms with Crippen molar-refractivity contribution in [1.82, 2.24) is 9.78 Å². The van der Waals surface area contributed by atoms with Gasteiger partial charge in [0.25, 0.3) is 0 Å². The van der Waals surface area contributed by atoms with E-state index in [0.29, 0.717) is 10.7 Å². The predicted octanol–water partition coefficient (Wildman–Crippen LogP) is 1.76. The smallest absolute Gasteiger partial charge is 0.200 e. The average molecular weight is 238 g/mol. The molecule has 1 heterocycles. The summed E-state index contributed by atoms with van der Waals surface area (Å²) < 4.78 is 1.65. The third-order valence-electron chi connectivity index (χ3n) is 2.46. The van der Waals surface area contributed by atoms with Crippen molar-refractivity contribution in [3.8, 4) is 0 Å². The summed E-state index contributed by atoms with van der Waals surface area (Å²) in [7, 11) is 1.79. The lowest BCUT2D eigenvalue weighted by molar-refractivity contribution is 0.0964. The van der Waals surface area contributed by atoms with Crippen LogP contribution in [0.15, 0.2) is 18.2 Å². The number of carbonyl (C=O) groups is 1. The van der Waals surface area contributed by atoms with Gasteiger partial charge in [0.1, 0.15) is 5.69 Å². The number of ketones is 1. The normalized spacial score (nSPS) is 13.0. The lowest BCUT2D eigenvalue weighted by Crippen LogP contribution is -2.27. The highest BCUT2D eigenvalue weighted by molar-refractivity contribution is 6.31. The van der Waals surface area contributed by atoms with E-state index in [0.717, 1.165) is 10.9 Å². The molecular weight excluding hydrogens is 226 g/mol. The van der Waals surface area contributed by atoms with Crippen LogP contribution in [0.25, 0.3) is 10.9 Å². The summed E-state index contributed by atoms with van der Waals surface area (Å²) in [4.78, 5) is 11.8. The van der Waals surface area contributed by atoms with E-state index >= 15 is 0 Å². The molecule has 0 saturated heterocycles. The van der Waals surface area contributed by atoms with Crippen LogP contribution >= 0.6 is 11.6 Å². The van der Waals surface area contributed by atoms with Crippen molar-refractivity contribution in [2.75, 3.05) is 0 Å². The van der Waals surface area contributed by atoms with Crippen LogP contribution in [0.4, 0.5) is 0 Å². The van der Waals surface area contributed by atoms with Gasteiger partial charge >= 0.3 is 0 Å². The molecule has 0 aliphatic heterocycles. The Labute approximate surface area is 98.0 Å². The molecule has 0 spiro atoms. The molecule has 2 rings (SSSR count). The standard InChI is InChI=1S/C11H12ClN3O/c1-6(13)11(16)10-8-5-7(12)3-4-9(8)15(2)14-10/h3-6H,13H2,1-2H3. The number of carbonyl (C=O) groups excluding carboxylic acids is 1. The Balaban J connectivity index is 2.71. The van der Waals surface area contributed by atoms with Crippen molar-refractivity contribution in [3.63, 3.8) is 0 Å². The summed E-state index contributed by atoms with van der Waals surface area (Å²) in [6.07, 6.45) is 0. The molecule has 1 unspecified atom stereocenters. The summed E-state index contributed by atoms with van der Waals surface area (Å²) in [5, 5.41) is 5.51. The van der Waals surface area contributed by atoms with Crippen LogP contribution in [0.5, 0.6) is 0 Å². The maximum atomic E-state index is 11.8. The van der Waals surface area contributed by atoms with E-state index in [-0.39, 0.29) is 5.78 Å². The second kappa shape index (κ2) is 3.88. The minimum atomic E-state index is -0.558. The van der Waals surface area contributed by atoms with Crippen LogP contribution in [-0.2, 0) is 7.05 Å². The topological polar surface area (TPSA) is 60.9 Å². The van der Waals surface area contributed by atoms with Crippen molar-refractivity contribution in [3.05, 3.63) is 28.9 Å². The van der Waals surface area contributed by atoms with Gasteiger partial charge in [-0.05, 0) is 25.1 Å². The zero-order chi connectivity index (χ0) is 11.9. The summed E-state index contributed by atoms with van der Waals surface area (Å²) in [6.45, 7) is 1.65. The number of aryl methyl sites for hydroxylation is 1. The molecule has 0 aliphatic rings. The minimum absolute atomic E-state index is 0.173. The number of hydrogen-bond acceptors (Lipinski definition) is 3. The van der Waals surface area contributed by atoms with Gasteiger partial charge in [0.15, 0.2) is 5.78 Å². The first-order valence-corrected chi connectivity index (χ1v) is 5.30. The number of nitrogens with two attached hydrogens (primary N) is 1. The second-order valence-electron chi connectivity index (χ2n) is 3.79. The molecule has 0 aliphatic carbocycles. The van der Waals surface area contributed by atoms with E-state index in [2.05, 4.69) is 5.10 Å². The summed E-state index contributed by atoms with van der Waals surface area (Å²) in [5.41, 5.74) is 6.83. The summed E-state index contributed by atoms with van der Waals surface area (Å²) in [5.74, 6) is -0.173. The van der Waals surface area contributed by atoms with Gasteiger partial charge in [-0.2, -0.15) is 5.10 Å². The number of aromatic nitrogens is 2. The lowest BCUT2D eigenvalue weighted by atomic mass is 10.1. The fourth-order valence-corrected chi connectivity index (χ4v) is 1.81. The van der Waals surface area contributed by atoms with Crippen molar-refractivity contribution in [2.45, 2.75) is 13.0 Å². The quantitative estimate of drug-likeness (QED) is 0.810. The van der Waals surface area contributed by atoms with E-state index in [9.17, 15) is 4.79 Å². The van der Waals surface area contributed by atoms with Gasteiger partial charge in [-0.1, -0.05) is 11.6 Å². The predicted molar refractivity (Wildman–Crippen MR) is 63.7 cm³/mol. The van der Waals surface area contributed by atoms with Crippen LogP contribution in [0.3, 0.4) is 0 Å². The zero-order valence-corrected chi connectivity index (χ0v) is 9.82. The number of Topliss-reactive ketones (excluding diaryl/α,β-unsaturated/α-hetero) is 1. The van der Waals surface area contributed by atoms with E-state index in [1.165, 1.54) is 0 Å². The van der Waals surface area contributed by atoms with Crippen molar-refractivity contribution >= 4 is 28.3 Å². The van der Waals surface area contributed by atoms with E-state index in [1.54, 1.807) is 30.8 Å². The molecule has 84 valence electrons. The van der Waals surface area contributed by atoms with Crippen molar-refractivity contribution in [2.24, 2.45) is 12.8 Å². The Morgan fingerprint density at radius 1 is 1.56 bits per heavy atom. The molecule has 0 bridgehead atoms. The Morgan fingerprint density at radius 2 is 2.25 bits per heavy atom. The first kappa shape index (κ1) is 11.1. The molecule has 2 N–H and O–H groups in total. The minimum Gasteiger partial charge on any atom is -0.321 e. The maximum absolute atomic E-state index is 11.8. The Kier molecular flexibility index (Phi) is 2.69. The molecule has 0 saturated carbocycles. The van der Waals surface area contributed by atoms with Gasteiger partial charge in [0.2, 0.25) is 0 Å². The number of benzene rings is 1. The van der Waals surface area contributed by atoms with Crippen molar-refractivity contribution in [1.29, 1.82) is 0 Å². The van der Waals surface area contributed by atoms with Crippen molar-refractivity contribution < 1.29 is 4.79 Å². The van der Waals surface area contributed by atoms with E-state index < -0.39 is 6.04 Å². The third kappa shape index (κ3) is 1.70. The molecule has 1 atom stereocenters. The number of hydrogen-bond donors (Lipinski definition) is 1. The molecule has 5 heteroatoms. The maximum Gasteiger partial charge on any atom is 0.200 e. The van der Waals surface area contributed by atoms with Gasteiger partial charge in [-0.25, -0.2) is 0 Å². The van der Waals surface area contributed by atoms with Gasteiger partial charge in [0, 0.05) is 17.5 Å². The number of nitrogens with zero attached hydrogens (tertiary/aromatic N) is 2. The monoisotopic (exact) mass is 237 g/mol. The lowest BCUT2D eigenvalue weighted by Gasteiger charge is -2.00. The molecule has 4 nitrogen and oxygen atoms in total. The average Bonchev–Trinajstić information content (AvgIpc) is 2.54. The van der Waals surface area contributed by atoms with E-state index in [4.69, 9.17) is 17.3 Å². The van der Waals surface area contributed by atoms with E-state index in [1.807, 2.05) is 6.07 Å². The molecule has 0 radical (unpaired) electrons. The van der Waals surface area contributed by atoms with Crippen LogP contribution in [-0.4, -0.2) is 21.6 Å². The number of halogens is 1. The molecule has 16 heavy (non-hydrogen) atoms. The molecular formula is C11H12ClN3O. The Bertz CT molecular complexity index is 560. The SMILES string of the molecule is CC(N)C(=O)c1nn(C)c2ccc(Cl)cc12. The highest BCUT2D eigenvalue weighted by Crippen LogP contribution is 2.22. The zero-order valence-electron chi connectivity index (χ0n) is 9.07. The summed E-state index contributed by atoms with van der Waals surface area (Å²) in [6, 6.07) is 4.78. The molecule has 1 aromatic heterocycles. The Hall–Kier alpha value is -1.39. The van der Waals surface area contributed by atoms with Gasteiger partial charge in [-0.3, -0.25) is 9.48 Å². The highest BCUT2D eigenvalue weighted by Gasteiger charge is 2.19. The fraction of sp³-hybridized carbons (Fsp3) is 0.273. The first-order chi connectivity index (χ1) is 7.50. The second-order valence-corrected chi connectivity index (χ2v) is 4.22. The molecule has 2 aromatic rings. The number of fused-ring (bicyclic) bond motifs is 1. The fourth-order valence-electron chi connectivity index (χ4n) is 1.64.